The second kappa shape index (κ2) is 18.0. The molecule has 2 heterocycles. The zero-order valence-electron chi connectivity index (χ0n) is 37.7. The summed E-state index contributed by atoms with van der Waals surface area (Å²) in [5.74, 6) is 0.817. The average molecular weight is 1040 g/mol. The van der Waals surface area contributed by atoms with E-state index in [2.05, 4.69) is 209 Å². The number of nitrogens with zero attached hydrogens (tertiary/aromatic N) is 3. The number of imidazole rings is 1. The molecule has 0 radical (unpaired) electrons. The fraction of sp³-hybridized carbons (Fsp3) is 0.115. The smallest absolute Gasteiger partial charge is 0.148 e. The van der Waals surface area contributed by atoms with Gasteiger partial charge in [0.15, 0.2) is 0 Å². The molecule has 1 N–H and O–H groups in total. The summed E-state index contributed by atoms with van der Waals surface area (Å²) < 4.78 is 2.21. The number of aromatic nitrogens is 3. The first-order chi connectivity index (χ1) is 31.5. The zero-order valence-corrected chi connectivity index (χ0v) is 40.0. The summed E-state index contributed by atoms with van der Waals surface area (Å²) in [5.41, 5.74) is 17.0. The molecular weight excluding hydrogens is 986 g/mol. The summed E-state index contributed by atoms with van der Waals surface area (Å²) >= 11 is 0. The number of hydrogen-bond acceptors (Lipinski definition) is 3. The predicted octanol–water partition coefficient (Wildman–Crippen LogP) is 15.5. The van der Waals surface area contributed by atoms with Crippen molar-refractivity contribution in [1.29, 1.82) is 0 Å². The van der Waals surface area contributed by atoms with E-state index in [1.165, 1.54) is 16.7 Å². The number of para-hydroxylation sites is 2. The fourth-order valence-electron chi connectivity index (χ4n) is 8.96. The minimum atomic E-state index is -0.131. The Morgan fingerprint density at radius 1 is 0.470 bits per heavy atom. The SMILES string of the molecule is CC(C)(C)c1ccc(-n2c(-c3ccccc3O)nc3c(-c4[c-]c(-c5cc(-c6ccc(C(C)(C)c7ccccc7)cc6)ccn5)cc(-c5ccccc5)c4)cccc32)c(-c2ccccc2)c1.[Pt]. The van der Waals surface area contributed by atoms with Crippen LogP contribution >= 0.6 is 0 Å². The van der Waals surface area contributed by atoms with Crippen LogP contribution in [0.25, 0.3) is 83.9 Å². The van der Waals surface area contributed by atoms with Crippen LogP contribution in [0.4, 0.5) is 0 Å². The molecule has 0 atom stereocenters. The molecule has 5 heteroatoms. The van der Waals surface area contributed by atoms with Gasteiger partial charge in [-0.1, -0.05) is 203 Å². The Hall–Kier alpha value is -7.13. The van der Waals surface area contributed by atoms with Crippen LogP contribution in [0.15, 0.2) is 206 Å². The number of phenolic OH excluding ortho intramolecular Hbond substituents is 1. The van der Waals surface area contributed by atoms with E-state index in [9.17, 15) is 5.11 Å². The fourth-order valence-corrected chi connectivity index (χ4v) is 8.96. The van der Waals surface area contributed by atoms with Crippen molar-refractivity contribution >= 4 is 11.0 Å². The number of rotatable bonds is 9. The van der Waals surface area contributed by atoms with E-state index in [1.54, 1.807) is 6.07 Å². The summed E-state index contributed by atoms with van der Waals surface area (Å²) in [6.07, 6.45) is 1.89. The molecule has 0 saturated carbocycles. The molecule has 326 valence electrons. The van der Waals surface area contributed by atoms with Crippen molar-refractivity contribution in [2.24, 2.45) is 0 Å². The predicted molar refractivity (Wildman–Crippen MR) is 269 cm³/mol. The molecule has 0 bridgehead atoms. The molecular formula is C61H50N3OPt-. The molecule has 0 unspecified atom stereocenters. The topological polar surface area (TPSA) is 50.9 Å². The molecule has 0 aliphatic heterocycles. The van der Waals surface area contributed by atoms with E-state index in [-0.39, 0.29) is 37.6 Å². The van der Waals surface area contributed by atoms with E-state index in [0.29, 0.717) is 11.4 Å². The number of pyridine rings is 1. The maximum atomic E-state index is 11.4. The van der Waals surface area contributed by atoms with E-state index in [1.807, 2.05) is 36.5 Å². The monoisotopic (exact) mass is 1040 g/mol. The molecule has 2 aromatic heterocycles. The summed E-state index contributed by atoms with van der Waals surface area (Å²) in [6.45, 7) is 11.3. The summed E-state index contributed by atoms with van der Waals surface area (Å²) in [4.78, 5) is 10.4. The van der Waals surface area contributed by atoms with Gasteiger partial charge in [-0.05, 0) is 80.8 Å². The van der Waals surface area contributed by atoms with Crippen LogP contribution < -0.4 is 0 Å². The van der Waals surface area contributed by atoms with Gasteiger partial charge in [0.1, 0.15) is 11.6 Å². The van der Waals surface area contributed by atoms with Crippen molar-refractivity contribution in [2.45, 2.75) is 45.4 Å². The molecule has 0 spiro atoms. The first-order valence-corrected chi connectivity index (χ1v) is 22.3. The van der Waals surface area contributed by atoms with Crippen LogP contribution in [0.2, 0.25) is 0 Å². The normalized spacial score (nSPS) is 11.7. The van der Waals surface area contributed by atoms with Crippen molar-refractivity contribution in [3.8, 4) is 78.6 Å². The zero-order chi connectivity index (χ0) is 44.7. The number of fused-ring (bicyclic) bond motifs is 1. The van der Waals surface area contributed by atoms with E-state index >= 15 is 0 Å². The number of benzene rings is 8. The van der Waals surface area contributed by atoms with Gasteiger partial charge in [0.05, 0.1) is 22.3 Å². The van der Waals surface area contributed by atoms with Crippen LogP contribution in [-0.2, 0) is 31.9 Å². The van der Waals surface area contributed by atoms with E-state index < -0.39 is 0 Å². The first-order valence-electron chi connectivity index (χ1n) is 22.3. The molecule has 66 heavy (non-hydrogen) atoms. The van der Waals surface area contributed by atoms with Gasteiger partial charge in [-0.25, -0.2) is 4.98 Å². The van der Waals surface area contributed by atoms with Crippen molar-refractivity contribution < 1.29 is 26.2 Å². The maximum absolute atomic E-state index is 11.4. The molecule has 0 fully saturated rings. The summed E-state index contributed by atoms with van der Waals surface area (Å²) in [7, 11) is 0. The van der Waals surface area contributed by atoms with Crippen LogP contribution in [0.1, 0.15) is 51.3 Å². The minimum absolute atomic E-state index is 0. The third-order valence-electron chi connectivity index (χ3n) is 12.8. The molecule has 0 aliphatic carbocycles. The Balaban J connectivity index is 0.00000548. The molecule has 4 nitrogen and oxygen atoms in total. The average Bonchev–Trinajstić information content (AvgIpc) is 3.74. The molecule has 0 aliphatic rings. The van der Waals surface area contributed by atoms with Gasteiger partial charge in [-0.3, -0.25) is 9.55 Å². The van der Waals surface area contributed by atoms with Crippen LogP contribution in [0.3, 0.4) is 0 Å². The van der Waals surface area contributed by atoms with Gasteiger partial charge in [0.2, 0.25) is 0 Å². The van der Waals surface area contributed by atoms with Crippen molar-refractivity contribution in [3.63, 3.8) is 0 Å². The molecule has 0 saturated heterocycles. The third kappa shape index (κ3) is 8.46. The van der Waals surface area contributed by atoms with E-state index in [0.717, 1.165) is 72.5 Å². The largest absolute Gasteiger partial charge is 0.507 e. The van der Waals surface area contributed by atoms with Crippen molar-refractivity contribution in [1.82, 2.24) is 14.5 Å². The molecule has 0 amide bonds. The second-order valence-electron chi connectivity index (χ2n) is 18.4. The van der Waals surface area contributed by atoms with E-state index in [4.69, 9.17) is 9.97 Å². The minimum Gasteiger partial charge on any atom is -0.507 e. The van der Waals surface area contributed by atoms with Gasteiger partial charge in [0.25, 0.3) is 0 Å². The Labute approximate surface area is 402 Å². The second-order valence-corrected chi connectivity index (χ2v) is 18.4. The van der Waals surface area contributed by atoms with Crippen LogP contribution in [-0.4, -0.2) is 19.6 Å². The van der Waals surface area contributed by atoms with Gasteiger partial charge < -0.3 is 5.11 Å². The van der Waals surface area contributed by atoms with Gasteiger partial charge in [0, 0.05) is 43.9 Å². The Kier molecular flexibility index (Phi) is 12.0. The van der Waals surface area contributed by atoms with Crippen molar-refractivity contribution in [3.05, 3.63) is 229 Å². The summed E-state index contributed by atoms with van der Waals surface area (Å²) in [5, 5.41) is 11.4. The standard InChI is InChI=1S/C61H50N3O.Pt/c1-60(2,3)50-32-33-55(53(40-50)43-20-11-7-12-21-43)64-56-26-17-25-51(58(56)63-59(64)52-24-15-16-27-57(52)65)46-36-45(41-18-9-6-10-19-41)37-47(38-46)54-39-44(34-35-62-54)42-28-30-49(31-29-42)61(4,5)48-22-13-8-14-23-48;/h6-37,39-40,65H,1-5H3;/q-1;. The third-order valence-corrected chi connectivity index (χ3v) is 12.8. The van der Waals surface area contributed by atoms with Crippen LogP contribution in [0, 0.1) is 6.07 Å². The Morgan fingerprint density at radius 2 is 1.06 bits per heavy atom. The molecule has 8 aromatic carbocycles. The Morgan fingerprint density at radius 3 is 1.76 bits per heavy atom. The van der Waals surface area contributed by atoms with Crippen molar-refractivity contribution in [2.75, 3.05) is 0 Å². The Bertz CT molecular complexity index is 3310. The van der Waals surface area contributed by atoms with Gasteiger partial charge in [-0.2, -0.15) is 0 Å². The number of phenols is 1. The van der Waals surface area contributed by atoms with Crippen LogP contribution in [0.5, 0.6) is 5.75 Å². The van der Waals surface area contributed by atoms with Gasteiger partial charge >= 0.3 is 0 Å². The molecule has 10 rings (SSSR count). The number of aromatic hydroxyl groups is 1. The quantitative estimate of drug-likeness (QED) is 0.147. The first kappa shape index (κ1) is 44.1. The maximum Gasteiger partial charge on any atom is 0.148 e. The number of hydrogen-bond donors (Lipinski definition) is 1. The molecule has 10 aromatic rings. The summed E-state index contributed by atoms with van der Waals surface area (Å²) in [6, 6.07) is 73.6. The van der Waals surface area contributed by atoms with Gasteiger partial charge in [-0.15, -0.1) is 23.8 Å².